The van der Waals surface area contributed by atoms with Gasteiger partial charge in [0.25, 0.3) is 11.8 Å². The molecule has 1 fully saturated rings. The van der Waals surface area contributed by atoms with Gasteiger partial charge >= 0.3 is 0 Å². The van der Waals surface area contributed by atoms with E-state index in [0.29, 0.717) is 108 Å². The quantitative estimate of drug-likeness (QED) is 0.0844. The Morgan fingerprint density at radius 3 is 1.91 bits per heavy atom. The monoisotopic (exact) mass is 747 g/mol. The fourth-order valence-corrected chi connectivity index (χ4v) is 6.77. The van der Waals surface area contributed by atoms with Crippen molar-refractivity contribution in [2.24, 2.45) is 11.7 Å². The van der Waals surface area contributed by atoms with Gasteiger partial charge < -0.3 is 19.6 Å². The highest BCUT2D eigenvalue weighted by atomic mass is 16.5. The van der Waals surface area contributed by atoms with Crippen molar-refractivity contribution in [2.75, 3.05) is 17.2 Å². The largest absolute Gasteiger partial charge is 0.491 e. The van der Waals surface area contributed by atoms with Crippen LogP contribution in [0.5, 0.6) is 5.75 Å². The fraction of sp³-hybridized carbons (Fsp3) is 0.385. The first kappa shape index (κ1) is 37.0. The van der Waals surface area contributed by atoms with Crippen LogP contribution < -0.4 is 21.1 Å². The smallest absolute Gasteiger partial charge is 0.276 e. The zero-order valence-electron chi connectivity index (χ0n) is 31.7. The lowest BCUT2D eigenvalue weighted by molar-refractivity contribution is 0.0994. The molecule has 0 radical (unpaired) electrons. The molecule has 286 valence electrons. The third kappa shape index (κ3) is 7.70. The molecular formula is C39H45N11O5. The van der Waals surface area contributed by atoms with Crippen LogP contribution in [-0.4, -0.2) is 68.8 Å². The molecule has 0 atom stereocenters. The van der Waals surface area contributed by atoms with Gasteiger partial charge in [-0.1, -0.05) is 0 Å². The summed E-state index contributed by atoms with van der Waals surface area (Å²) in [4.78, 5) is 61.3. The second-order valence-electron chi connectivity index (χ2n) is 14.0. The number of rotatable bonds is 16. The molecule has 4 N–H and O–H groups in total. The highest BCUT2D eigenvalue weighted by molar-refractivity contribution is 6.05. The van der Waals surface area contributed by atoms with Crippen molar-refractivity contribution in [2.45, 2.75) is 86.5 Å². The van der Waals surface area contributed by atoms with Crippen LogP contribution in [0.3, 0.4) is 0 Å². The number of nitrogens with zero attached hydrogens (tertiary/aromatic N) is 8. The van der Waals surface area contributed by atoms with E-state index in [-0.39, 0.29) is 23.2 Å². The number of ether oxygens (including phenoxy) is 1. The molecule has 0 unspecified atom stereocenters. The van der Waals surface area contributed by atoms with Crippen molar-refractivity contribution in [1.82, 2.24) is 38.7 Å². The molecule has 0 aliphatic heterocycles. The summed E-state index contributed by atoms with van der Waals surface area (Å²) in [5, 5.41) is 14.8. The molecule has 3 amide bonds. The zero-order valence-corrected chi connectivity index (χ0v) is 31.7. The molecule has 7 rings (SSSR count). The minimum Gasteiger partial charge on any atom is -0.491 e. The maximum Gasteiger partial charge on any atom is 0.276 e. The zero-order chi connectivity index (χ0) is 39.0. The summed E-state index contributed by atoms with van der Waals surface area (Å²) in [7, 11) is 0. The standard InChI is InChI=1S/C39H45N11O5/c1-6-49-31(16-22(3)45-49)36(53)43-38-41-28-18-26(24(5)51)12-13-30(28)47(38)14-8-9-15-48-34-29(19-27(35(40)52)20-33(34)55-21-25-10-11-25)42-39(48)44-37(54)32-17-23(4)46-50(32)7-2/h12-13,16-20,25H,6-11,14-15,21H2,1-5H3,(H2,40,52)(H,41,43,53)(H,42,44,54). The Morgan fingerprint density at radius 1 is 0.782 bits per heavy atom. The summed E-state index contributed by atoms with van der Waals surface area (Å²) in [6.45, 7) is 11.4. The summed E-state index contributed by atoms with van der Waals surface area (Å²) in [6.07, 6.45) is 3.39. The van der Waals surface area contributed by atoms with Crippen LogP contribution >= 0.6 is 0 Å². The first-order valence-electron chi connectivity index (χ1n) is 18.6. The molecule has 4 heterocycles. The number of hydrogen-bond donors (Lipinski definition) is 3. The Kier molecular flexibility index (Phi) is 10.2. The maximum absolute atomic E-state index is 13.7. The van der Waals surface area contributed by atoms with Crippen LogP contribution in [0.1, 0.15) is 99.5 Å². The first-order valence-corrected chi connectivity index (χ1v) is 18.6. The topological polar surface area (TPSA) is 199 Å². The minimum absolute atomic E-state index is 0.0856. The predicted molar refractivity (Wildman–Crippen MR) is 207 cm³/mol. The van der Waals surface area contributed by atoms with Crippen LogP contribution in [0, 0.1) is 19.8 Å². The van der Waals surface area contributed by atoms with Gasteiger partial charge in [0.2, 0.25) is 17.8 Å². The fourth-order valence-electron chi connectivity index (χ4n) is 6.77. The van der Waals surface area contributed by atoms with Crippen LogP contribution in [-0.2, 0) is 26.2 Å². The Labute approximate surface area is 317 Å². The number of ketones is 1. The van der Waals surface area contributed by atoms with Gasteiger partial charge in [0.1, 0.15) is 22.7 Å². The molecule has 1 aliphatic rings. The number of fused-ring (bicyclic) bond motifs is 2. The molecule has 6 aromatic rings. The molecule has 16 heteroatoms. The maximum atomic E-state index is 13.7. The van der Waals surface area contributed by atoms with E-state index in [2.05, 4.69) is 20.8 Å². The minimum atomic E-state index is -0.610. The molecular weight excluding hydrogens is 703 g/mol. The van der Waals surface area contributed by atoms with E-state index in [1.807, 2.05) is 42.9 Å². The lowest BCUT2D eigenvalue weighted by atomic mass is 10.1. The van der Waals surface area contributed by atoms with Gasteiger partial charge in [-0.05, 0) is 109 Å². The summed E-state index contributed by atoms with van der Waals surface area (Å²) >= 11 is 0. The van der Waals surface area contributed by atoms with Crippen molar-refractivity contribution >= 4 is 57.5 Å². The number of imidazole rings is 2. The lowest BCUT2D eigenvalue weighted by Crippen LogP contribution is -2.20. The molecule has 55 heavy (non-hydrogen) atoms. The van der Waals surface area contributed by atoms with Crippen molar-refractivity contribution in [3.05, 3.63) is 76.4 Å². The number of nitrogens with two attached hydrogens (primary N) is 1. The summed E-state index contributed by atoms with van der Waals surface area (Å²) < 4.78 is 13.4. The van der Waals surface area contributed by atoms with Crippen molar-refractivity contribution in [3.8, 4) is 5.75 Å². The van der Waals surface area contributed by atoms with Gasteiger partial charge in [-0.2, -0.15) is 10.2 Å². The van der Waals surface area contributed by atoms with Gasteiger partial charge in [-0.25, -0.2) is 9.97 Å². The molecule has 4 aromatic heterocycles. The van der Waals surface area contributed by atoms with Crippen LogP contribution in [0.4, 0.5) is 11.9 Å². The summed E-state index contributed by atoms with van der Waals surface area (Å²) in [6, 6.07) is 12.0. The van der Waals surface area contributed by atoms with Gasteiger partial charge in [-0.15, -0.1) is 0 Å². The Bertz CT molecular complexity index is 2460. The summed E-state index contributed by atoms with van der Waals surface area (Å²) in [5.74, 6) is 0.139. The number of aryl methyl sites for hydroxylation is 6. The van der Waals surface area contributed by atoms with Gasteiger partial charge in [0.15, 0.2) is 5.78 Å². The number of carbonyl (C=O) groups excluding carboxylic acids is 4. The summed E-state index contributed by atoms with van der Waals surface area (Å²) in [5.41, 5.74) is 11.2. The van der Waals surface area contributed by atoms with Crippen molar-refractivity contribution in [1.29, 1.82) is 0 Å². The molecule has 0 bridgehead atoms. The van der Waals surface area contributed by atoms with E-state index in [1.165, 1.54) is 6.92 Å². The van der Waals surface area contributed by atoms with Crippen molar-refractivity contribution in [3.63, 3.8) is 0 Å². The Balaban J connectivity index is 1.20. The number of primary amides is 1. The van der Waals surface area contributed by atoms with E-state index in [4.69, 9.17) is 20.4 Å². The van der Waals surface area contributed by atoms with E-state index in [9.17, 15) is 19.2 Å². The number of unbranched alkanes of at least 4 members (excludes halogenated alkanes) is 1. The van der Waals surface area contributed by atoms with E-state index in [0.717, 1.165) is 24.1 Å². The third-order valence-corrected chi connectivity index (χ3v) is 9.75. The number of amides is 3. The Morgan fingerprint density at radius 2 is 1.35 bits per heavy atom. The van der Waals surface area contributed by atoms with Gasteiger partial charge in [0.05, 0.1) is 34.5 Å². The second kappa shape index (κ2) is 15.2. The predicted octanol–water partition coefficient (Wildman–Crippen LogP) is 5.51. The van der Waals surface area contributed by atoms with E-state index < -0.39 is 5.91 Å². The first-order chi connectivity index (χ1) is 26.4. The molecule has 0 spiro atoms. The van der Waals surface area contributed by atoms with E-state index in [1.54, 1.807) is 45.8 Å². The number of nitrogens with one attached hydrogen (secondary N) is 2. The lowest BCUT2D eigenvalue weighted by Gasteiger charge is -2.15. The highest BCUT2D eigenvalue weighted by Gasteiger charge is 2.26. The van der Waals surface area contributed by atoms with Crippen molar-refractivity contribution < 1.29 is 23.9 Å². The number of hydrogen-bond acceptors (Lipinski definition) is 9. The highest BCUT2D eigenvalue weighted by Crippen LogP contribution is 2.35. The molecule has 1 saturated carbocycles. The number of Topliss-reactive ketones (excluding diaryl/α,β-unsaturated/α-hetero) is 1. The third-order valence-electron chi connectivity index (χ3n) is 9.75. The normalized spacial score (nSPS) is 12.7. The molecule has 2 aromatic carbocycles. The molecule has 1 aliphatic carbocycles. The van der Waals surface area contributed by atoms with Gasteiger partial charge in [0, 0.05) is 37.3 Å². The SMILES string of the molecule is CCn1nc(C)cc1C(=O)Nc1nc2cc(C(C)=O)ccc2n1CCCCn1c(NC(=O)c2cc(C)nn2CC)nc2cc(C(N)=O)cc(OCC3CC3)c21. The molecule has 0 saturated heterocycles. The van der Waals surface area contributed by atoms with Gasteiger partial charge in [-0.3, -0.25) is 39.2 Å². The van der Waals surface area contributed by atoms with E-state index >= 15 is 0 Å². The van der Waals surface area contributed by atoms with Crippen LogP contribution in [0.25, 0.3) is 22.1 Å². The van der Waals surface area contributed by atoms with Crippen LogP contribution in [0.15, 0.2) is 42.5 Å². The molecule has 16 nitrogen and oxygen atoms in total. The average molecular weight is 748 g/mol. The van der Waals surface area contributed by atoms with Crippen LogP contribution in [0.2, 0.25) is 0 Å². The number of benzene rings is 2. The number of anilines is 2. The second-order valence-corrected chi connectivity index (χ2v) is 14.0. The average Bonchev–Trinajstić information content (AvgIpc) is 3.44. The Hall–Kier alpha value is -6.32. The number of carbonyl (C=O) groups is 4. The number of aromatic nitrogens is 8.